The van der Waals surface area contributed by atoms with Gasteiger partial charge in [-0.05, 0) is 82.9 Å². The summed E-state index contributed by atoms with van der Waals surface area (Å²) in [4.78, 5) is 0. The number of para-hydroxylation sites is 1. The van der Waals surface area contributed by atoms with Crippen molar-refractivity contribution in [2.24, 2.45) is 0 Å². The zero-order chi connectivity index (χ0) is 24.4. The van der Waals surface area contributed by atoms with Gasteiger partial charge in [0.1, 0.15) is 5.82 Å². The summed E-state index contributed by atoms with van der Waals surface area (Å²) in [5, 5.41) is 5.99. The van der Waals surface area contributed by atoms with E-state index < -0.39 is 0 Å². The maximum Gasteiger partial charge on any atom is 0.123 e. The standard InChI is InChI=1S/C33H25FN2/c1-33(2)29-9-5-3-7-25(29)26-17-13-23(20-30(26)33)35-22-14-18-32-28(19-22)27-8-4-6-10-31(27)36(32)24-15-11-21(34)12-16-24/h3-20,35H,1-2H3. The van der Waals surface area contributed by atoms with Crippen LogP contribution in [0, 0.1) is 5.82 Å². The Morgan fingerprint density at radius 1 is 0.611 bits per heavy atom. The molecule has 0 radical (unpaired) electrons. The minimum Gasteiger partial charge on any atom is -0.355 e. The van der Waals surface area contributed by atoms with Crippen molar-refractivity contribution in [2.75, 3.05) is 5.32 Å². The highest BCUT2D eigenvalue weighted by Crippen LogP contribution is 2.49. The number of aromatic nitrogens is 1. The minimum atomic E-state index is -0.230. The number of rotatable bonds is 3. The van der Waals surface area contributed by atoms with Crippen LogP contribution < -0.4 is 5.32 Å². The molecule has 0 saturated carbocycles. The molecule has 0 unspecified atom stereocenters. The fraction of sp³-hybridized carbons (Fsp3) is 0.0909. The summed E-state index contributed by atoms with van der Waals surface area (Å²) >= 11 is 0. The van der Waals surface area contributed by atoms with Gasteiger partial charge in [0, 0.05) is 33.2 Å². The first-order chi connectivity index (χ1) is 17.5. The van der Waals surface area contributed by atoms with Gasteiger partial charge < -0.3 is 9.88 Å². The monoisotopic (exact) mass is 468 g/mol. The van der Waals surface area contributed by atoms with E-state index in [1.54, 1.807) is 0 Å². The lowest BCUT2D eigenvalue weighted by molar-refractivity contribution is 0.627. The van der Waals surface area contributed by atoms with Crippen LogP contribution in [0.15, 0.2) is 109 Å². The van der Waals surface area contributed by atoms with Gasteiger partial charge in [0.25, 0.3) is 0 Å². The second-order valence-electron chi connectivity index (χ2n) is 10.1. The number of anilines is 2. The summed E-state index contributed by atoms with van der Waals surface area (Å²) in [5.41, 5.74) is 10.6. The fourth-order valence-corrected chi connectivity index (χ4v) is 5.87. The van der Waals surface area contributed by atoms with E-state index in [0.717, 1.165) is 33.5 Å². The Morgan fingerprint density at radius 3 is 2.14 bits per heavy atom. The average molecular weight is 469 g/mol. The van der Waals surface area contributed by atoms with Crippen molar-refractivity contribution in [3.63, 3.8) is 0 Å². The second kappa shape index (κ2) is 7.56. The van der Waals surface area contributed by atoms with Crippen LogP contribution in [-0.2, 0) is 5.41 Å². The van der Waals surface area contributed by atoms with E-state index in [2.05, 4.69) is 103 Å². The SMILES string of the molecule is CC1(C)c2ccccc2-c2ccc(Nc3ccc4c(c3)c3ccccc3n4-c3ccc(F)cc3)cc21. The third kappa shape index (κ3) is 3.02. The molecular weight excluding hydrogens is 443 g/mol. The smallest absolute Gasteiger partial charge is 0.123 e. The van der Waals surface area contributed by atoms with Gasteiger partial charge in [-0.3, -0.25) is 0 Å². The van der Waals surface area contributed by atoms with Crippen LogP contribution in [0.3, 0.4) is 0 Å². The highest BCUT2D eigenvalue weighted by molar-refractivity contribution is 6.10. The molecule has 0 atom stereocenters. The van der Waals surface area contributed by atoms with Crippen molar-refractivity contribution in [2.45, 2.75) is 19.3 Å². The summed E-state index contributed by atoms with van der Waals surface area (Å²) in [6.07, 6.45) is 0. The molecule has 0 spiro atoms. The van der Waals surface area contributed by atoms with Crippen LogP contribution in [0.4, 0.5) is 15.8 Å². The van der Waals surface area contributed by atoms with Crippen molar-refractivity contribution in [3.8, 4) is 16.8 Å². The largest absolute Gasteiger partial charge is 0.355 e. The van der Waals surface area contributed by atoms with E-state index in [0.29, 0.717) is 0 Å². The van der Waals surface area contributed by atoms with Gasteiger partial charge in [-0.15, -0.1) is 0 Å². The molecule has 1 aliphatic rings. The summed E-state index contributed by atoms with van der Waals surface area (Å²) in [6, 6.07) is 37.0. The zero-order valence-electron chi connectivity index (χ0n) is 20.2. The first kappa shape index (κ1) is 21.0. The lowest BCUT2D eigenvalue weighted by Crippen LogP contribution is -2.15. The van der Waals surface area contributed by atoms with Gasteiger partial charge in [-0.1, -0.05) is 62.4 Å². The number of nitrogens with one attached hydrogen (secondary N) is 1. The van der Waals surface area contributed by atoms with Crippen LogP contribution >= 0.6 is 0 Å². The van der Waals surface area contributed by atoms with Gasteiger partial charge >= 0.3 is 0 Å². The molecule has 174 valence electrons. The number of halogens is 1. The van der Waals surface area contributed by atoms with Crippen LogP contribution in [0.2, 0.25) is 0 Å². The van der Waals surface area contributed by atoms with E-state index >= 15 is 0 Å². The molecule has 6 aromatic rings. The van der Waals surface area contributed by atoms with Crippen LogP contribution in [-0.4, -0.2) is 4.57 Å². The molecule has 1 N–H and O–H groups in total. The Morgan fingerprint density at radius 2 is 1.28 bits per heavy atom. The molecule has 0 amide bonds. The Balaban J connectivity index is 1.32. The van der Waals surface area contributed by atoms with Crippen molar-refractivity contribution in [1.82, 2.24) is 4.57 Å². The number of fused-ring (bicyclic) bond motifs is 6. The average Bonchev–Trinajstić information content (AvgIpc) is 3.34. The highest BCUT2D eigenvalue weighted by Gasteiger charge is 2.35. The van der Waals surface area contributed by atoms with Crippen molar-refractivity contribution in [1.29, 1.82) is 0 Å². The van der Waals surface area contributed by atoms with Crippen molar-refractivity contribution in [3.05, 3.63) is 126 Å². The predicted octanol–water partition coefficient (Wildman–Crippen LogP) is 8.97. The minimum absolute atomic E-state index is 0.0316. The first-order valence-electron chi connectivity index (χ1n) is 12.3. The van der Waals surface area contributed by atoms with Gasteiger partial charge in [0.05, 0.1) is 11.0 Å². The topological polar surface area (TPSA) is 17.0 Å². The zero-order valence-corrected chi connectivity index (χ0v) is 20.2. The third-order valence-corrected chi connectivity index (χ3v) is 7.63. The van der Waals surface area contributed by atoms with Gasteiger partial charge in [-0.2, -0.15) is 0 Å². The van der Waals surface area contributed by atoms with E-state index in [1.165, 1.54) is 39.8 Å². The molecule has 1 aromatic heterocycles. The van der Waals surface area contributed by atoms with Crippen LogP contribution in [0.5, 0.6) is 0 Å². The quantitative estimate of drug-likeness (QED) is 0.274. The number of nitrogens with zero attached hydrogens (tertiary/aromatic N) is 1. The summed E-state index contributed by atoms with van der Waals surface area (Å²) in [5.74, 6) is -0.230. The fourth-order valence-electron chi connectivity index (χ4n) is 5.87. The third-order valence-electron chi connectivity index (χ3n) is 7.63. The Bertz CT molecular complexity index is 1790. The lowest BCUT2D eigenvalue weighted by atomic mass is 9.82. The van der Waals surface area contributed by atoms with Gasteiger partial charge in [0.2, 0.25) is 0 Å². The van der Waals surface area contributed by atoms with E-state index in [-0.39, 0.29) is 11.2 Å². The van der Waals surface area contributed by atoms with E-state index in [1.807, 2.05) is 18.2 Å². The Hall–Kier alpha value is -4.37. The number of hydrogen-bond donors (Lipinski definition) is 1. The van der Waals surface area contributed by atoms with Gasteiger partial charge in [0.15, 0.2) is 0 Å². The van der Waals surface area contributed by atoms with Gasteiger partial charge in [-0.25, -0.2) is 4.39 Å². The molecule has 2 nitrogen and oxygen atoms in total. The molecule has 36 heavy (non-hydrogen) atoms. The summed E-state index contributed by atoms with van der Waals surface area (Å²) in [6.45, 7) is 4.61. The van der Waals surface area contributed by atoms with E-state index in [9.17, 15) is 4.39 Å². The second-order valence-corrected chi connectivity index (χ2v) is 10.1. The predicted molar refractivity (Wildman–Crippen MR) is 148 cm³/mol. The van der Waals surface area contributed by atoms with E-state index in [4.69, 9.17) is 0 Å². The maximum atomic E-state index is 13.6. The number of hydrogen-bond acceptors (Lipinski definition) is 1. The first-order valence-corrected chi connectivity index (χ1v) is 12.3. The highest BCUT2D eigenvalue weighted by atomic mass is 19.1. The summed E-state index contributed by atoms with van der Waals surface area (Å²) < 4.78 is 15.8. The molecule has 1 aliphatic carbocycles. The molecule has 0 bridgehead atoms. The lowest BCUT2D eigenvalue weighted by Gasteiger charge is -2.22. The molecule has 1 heterocycles. The van der Waals surface area contributed by atoms with Crippen LogP contribution in [0.25, 0.3) is 38.6 Å². The molecule has 0 fully saturated rings. The van der Waals surface area contributed by atoms with Crippen molar-refractivity contribution >= 4 is 33.2 Å². The molecule has 0 saturated heterocycles. The molecule has 5 aromatic carbocycles. The normalized spacial score (nSPS) is 13.6. The number of benzene rings is 5. The Kier molecular flexibility index (Phi) is 4.40. The molecule has 7 rings (SSSR count). The molecule has 3 heteroatoms. The maximum absolute atomic E-state index is 13.6. The molecule has 0 aliphatic heterocycles. The summed E-state index contributed by atoms with van der Waals surface area (Å²) in [7, 11) is 0. The van der Waals surface area contributed by atoms with Crippen LogP contribution in [0.1, 0.15) is 25.0 Å². The molecular formula is C33H25FN2. The Labute approximate surface area is 209 Å². The van der Waals surface area contributed by atoms with Crippen molar-refractivity contribution < 1.29 is 4.39 Å².